The van der Waals surface area contributed by atoms with Crippen LogP contribution < -0.4 is 10.5 Å². The molecule has 2 N–H and O–H groups in total. The third-order valence-electron chi connectivity index (χ3n) is 2.79. The van der Waals surface area contributed by atoms with E-state index in [2.05, 4.69) is 18.0 Å². The molecule has 1 atom stereocenters. The summed E-state index contributed by atoms with van der Waals surface area (Å²) in [6.45, 7) is 4.03. The van der Waals surface area contributed by atoms with Gasteiger partial charge in [0.05, 0.1) is 24.4 Å². The van der Waals surface area contributed by atoms with E-state index in [1.165, 1.54) is 5.56 Å². The number of aromatic nitrogens is 1. The first-order chi connectivity index (χ1) is 8.13. The summed E-state index contributed by atoms with van der Waals surface area (Å²) in [5, 5.41) is 0. The lowest BCUT2D eigenvalue weighted by atomic mass is 10.0. The highest BCUT2D eigenvalue weighted by molar-refractivity contribution is 7.09. The number of thiazole rings is 1. The molecular weight excluding hydrogens is 232 g/mol. The monoisotopic (exact) mass is 248 g/mol. The van der Waals surface area contributed by atoms with Gasteiger partial charge in [-0.2, -0.15) is 0 Å². The Balaban J connectivity index is 2.46. The van der Waals surface area contributed by atoms with Gasteiger partial charge < -0.3 is 10.5 Å². The van der Waals surface area contributed by atoms with Gasteiger partial charge in [-0.15, -0.1) is 11.3 Å². The minimum Gasteiger partial charge on any atom is -0.496 e. The van der Waals surface area contributed by atoms with E-state index in [0.29, 0.717) is 0 Å². The highest BCUT2D eigenvalue weighted by Crippen LogP contribution is 2.32. The van der Waals surface area contributed by atoms with Crippen LogP contribution in [0.5, 0.6) is 5.75 Å². The van der Waals surface area contributed by atoms with E-state index in [4.69, 9.17) is 10.5 Å². The number of nitrogens with zero attached hydrogens (tertiary/aromatic N) is 1. The molecule has 0 bridgehead atoms. The maximum atomic E-state index is 6.30. The molecule has 0 saturated heterocycles. The third kappa shape index (κ3) is 2.33. The molecule has 2 rings (SSSR count). The number of benzene rings is 1. The van der Waals surface area contributed by atoms with E-state index in [9.17, 15) is 0 Å². The van der Waals surface area contributed by atoms with Crippen LogP contribution in [0.2, 0.25) is 0 Å². The van der Waals surface area contributed by atoms with Crippen LogP contribution in [0.3, 0.4) is 0 Å². The minimum absolute atomic E-state index is 0.169. The SMILES string of the molecule is COc1ccc(C)cc1C(N)c1scnc1C. The summed E-state index contributed by atoms with van der Waals surface area (Å²) in [6, 6.07) is 5.88. The Morgan fingerprint density at radius 1 is 1.35 bits per heavy atom. The normalized spacial score (nSPS) is 12.5. The Labute approximate surface area is 105 Å². The van der Waals surface area contributed by atoms with Crippen LogP contribution in [-0.2, 0) is 0 Å². The predicted molar refractivity (Wildman–Crippen MR) is 70.6 cm³/mol. The molecule has 0 spiro atoms. The first-order valence-corrected chi connectivity index (χ1v) is 6.31. The lowest BCUT2D eigenvalue weighted by molar-refractivity contribution is 0.408. The van der Waals surface area contributed by atoms with Crippen molar-refractivity contribution in [2.75, 3.05) is 7.11 Å². The Morgan fingerprint density at radius 2 is 2.12 bits per heavy atom. The van der Waals surface area contributed by atoms with E-state index >= 15 is 0 Å². The summed E-state index contributed by atoms with van der Waals surface area (Å²) < 4.78 is 5.36. The van der Waals surface area contributed by atoms with Gasteiger partial charge in [-0.05, 0) is 19.9 Å². The summed E-state index contributed by atoms with van der Waals surface area (Å²) in [7, 11) is 1.67. The largest absolute Gasteiger partial charge is 0.496 e. The van der Waals surface area contributed by atoms with E-state index in [1.807, 2.05) is 24.6 Å². The first kappa shape index (κ1) is 12.1. The second kappa shape index (κ2) is 4.85. The van der Waals surface area contributed by atoms with E-state index in [1.54, 1.807) is 18.4 Å². The van der Waals surface area contributed by atoms with Crippen molar-refractivity contribution < 1.29 is 4.74 Å². The molecule has 90 valence electrons. The number of hydrogen-bond acceptors (Lipinski definition) is 4. The molecule has 1 heterocycles. The number of ether oxygens (including phenoxy) is 1. The quantitative estimate of drug-likeness (QED) is 0.908. The van der Waals surface area contributed by atoms with Crippen LogP contribution in [0, 0.1) is 13.8 Å². The van der Waals surface area contributed by atoms with Gasteiger partial charge in [-0.3, -0.25) is 0 Å². The zero-order valence-corrected chi connectivity index (χ0v) is 11.0. The van der Waals surface area contributed by atoms with Gasteiger partial charge in [0.1, 0.15) is 5.75 Å². The highest BCUT2D eigenvalue weighted by Gasteiger charge is 2.17. The van der Waals surface area contributed by atoms with Crippen LogP contribution >= 0.6 is 11.3 Å². The summed E-state index contributed by atoms with van der Waals surface area (Å²) >= 11 is 1.59. The van der Waals surface area contributed by atoms with Crippen LogP contribution in [0.25, 0.3) is 0 Å². The summed E-state index contributed by atoms with van der Waals surface area (Å²) in [6.07, 6.45) is 0. The molecule has 1 aromatic heterocycles. The van der Waals surface area contributed by atoms with Crippen molar-refractivity contribution in [3.63, 3.8) is 0 Å². The van der Waals surface area contributed by atoms with Crippen molar-refractivity contribution in [1.29, 1.82) is 0 Å². The number of nitrogens with two attached hydrogens (primary N) is 1. The molecule has 4 heteroatoms. The lowest BCUT2D eigenvalue weighted by Crippen LogP contribution is -2.13. The summed E-state index contributed by atoms with van der Waals surface area (Å²) in [5.74, 6) is 0.830. The fraction of sp³-hybridized carbons (Fsp3) is 0.308. The number of rotatable bonds is 3. The molecule has 2 aromatic rings. The fourth-order valence-electron chi connectivity index (χ4n) is 1.85. The van der Waals surface area contributed by atoms with E-state index < -0.39 is 0 Å². The molecule has 1 aromatic carbocycles. The van der Waals surface area contributed by atoms with E-state index in [0.717, 1.165) is 21.9 Å². The Morgan fingerprint density at radius 3 is 2.71 bits per heavy atom. The molecule has 0 aliphatic heterocycles. The topological polar surface area (TPSA) is 48.1 Å². The zero-order chi connectivity index (χ0) is 12.4. The second-order valence-corrected chi connectivity index (χ2v) is 4.91. The Kier molecular flexibility index (Phi) is 3.45. The second-order valence-electron chi connectivity index (χ2n) is 4.03. The Hall–Kier alpha value is -1.39. The molecule has 1 unspecified atom stereocenters. The standard InChI is InChI=1S/C13H16N2OS/c1-8-4-5-11(16-3)10(6-8)12(14)13-9(2)15-7-17-13/h4-7,12H,14H2,1-3H3. The lowest BCUT2D eigenvalue weighted by Gasteiger charge is -2.15. The smallest absolute Gasteiger partial charge is 0.124 e. The maximum Gasteiger partial charge on any atom is 0.124 e. The fourth-order valence-corrected chi connectivity index (χ4v) is 2.67. The van der Waals surface area contributed by atoms with Crippen LogP contribution in [-0.4, -0.2) is 12.1 Å². The van der Waals surface area contributed by atoms with Crippen LogP contribution in [0.4, 0.5) is 0 Å². The molecule has 0 aliphatic carbocycles. The highest BCUT2D eigenvalue weighted by atomic mass is 32.1. The number of aryl methyl sites for hydroxylation is 2. The molecule has 0 radical (unpaired) electrons. The van der Waals surface area contributed by atoms with Crippen molar-refractivity contribution in [2.24, 2.45) is 5.73 Å². The Bertz CT molecular complexity index is 522. The summed E-state index contributed by atoms with van der Waals surface area (Å²) in [4.78, 5) is 5.33. The van der Waals surface area contributed by atoms with Gasteiger partial charge in [0.2, 0.25) is 0 Å². The average Bonchev–Trinajstić information content (AvgIpc) is 2.74. The van der Waals surface area contributed by atoms with Gasteiger partial charge in [0, 0.05) is 10.4 Å². The van der Waals surface area contributed by atoms with Crippen molar-refractivity contribution in [3.8, 4) is 5.75 Å². The van der Waals surface area contributed by atoms with Crippen molar-refractivity contribution in [3.05, 3.63) is 45.4 Å². The molecule has 0 fully saturated rings. The molecular formula is C13H16N2OS. The molecule has 0 amide bonds. The molecule has 3 nitrogen and oxygen atoms in total. The summed E-state index contributed by atoms with van der Waals surface area (Å²) in [5.41, 5.74) is 11.3. The maximum absolute atomic E-state index is 6.30. The van der Waals surface area contributed by atoms with Gasteiger partial charge in [0.15, 0.2) is 0 Å². The van der Waals surface area contributed by atoms with Crippen LogP contribution in [0.1, 0.15) is 27.7 Å². The number of methoxy groups -OCH3 is 1. The van der Waals surface area contributed by atoms with Gasteiger partial charge >= 0.3 is 0 Å². The van der Waals surface area contributed by atoms with Gasteiger partial charge in [0.25, 0.3) is 0 Å². The molecule has 0 aliphatic rings. The van der Waals surface area contributed by atoms with Crippen molar-refractivity contribution in [1.82, 2.24) is 4.98 Å². The van der Waals surface area contributed by atoms with Gasteiger partial charge in [-0.1, -0.05) is 17.7 Å². The van der Waals surface area contributed by atoms with Crippen molar-refractivity contribution in [2.45, 2.75) is 19.9 Å². The first-order valence-electron chi connectivity index (χ1n) is 5.43. The predicted octanol–water partition coefficient (Wildman–Crippen LogP) is 2.82. The van der Waals surface area contributed by atoms with Crippen LogP contribution in [0.15, 0.2) is 23.7 Å². The van der Waals surface area contributed by atoms with E-state index in [-0.39, 0.29) is 6.04 Å². The zero-order valence-electron chi connectivity index (χ0n) is 10.2. The average molecular weight is 248 g/mol. The minimum atomic E-state index is -0.169. The molecule has 0 saturated carbocycles. The molecule has 17 heavy (non-hydrogen) atoms. The third-order valence-corrected chi connectivity index (χ3v) is 3.80. The van der Waals surface area contributed by atoms with Crippen molar-refractivity contribution >= 4 is 11.3 Å². The van der Waals surface area contributed by atoms with Gasteiger partial charge in [-0.25, -0.2) is 4.98 Å². The number of hydrogen-bond donors (Lipinski definition) is 1.